The number of piperidine rings is 1. The van der Waals surface area contributed by atoms with Crippen molar-refractivity contribution < 1.29 is 9.59 Å². The number of anilines is 1. The van der Waals surface area contributed by atoms with Crippen LogP contribution in [0, 0.1) is 0 Å². The van der Waals surface area contributed by atoms with Crippen LogP contribution in [-0.4, -0.2) is 51.1 Å². The molecular weight excluding hydrogens is 378 g/mol. The Labute approximate surface area is 177 Å². The van der Waals surface area contributed by atoms with Crippen molar-refractivity contribution in [1.82, 2.24) is 19.7 Å². The van der Waals surface area contributed by atoms with Crippen molar-refractivity contribution in [2.24, 2.45) is 0 Å². The molecule has 1 aromatic carbocycles. The third-order valence-corrected chi connectivity index (χ3v) is 6.69. The van der Waals surface area contributed by atoms with Gasteiger partial charge in [0.1, 0.15) is 11.6 Å². The van der Waals surface area contributed by atoms with Gasteiger partial charge in [-0.1, -0.05) is 12.5 Å². The lowest BCUT2D eigenvalue weighted by Gasteiger charge is -2.32. The van der Waals surface area contributed by atoms with E-state index in [4.69, 9.17) is 0 Å². The lowest BCUT2D eigenvalue weighted by Crippen LogP contribution is -2.40. The summed E-state index contributed by atoms with van der Waals surface area (Å²) in [7, 11) is 0. The first-order valence-electron chi connectivity index (χ1n) is 11.3. The fourth-order valence-corrected chi connectivity index (χ4v) is 5.09. The van der Waals surface area contributed by atoms with Crippen LogP contribution in [0.5, 0.6) is 0 Å². The van der Waals surface area contributed by atoms with Gasteiger partial charge in [-0.2, -0.15) is 0 Å². The molecule has 30 heavy (non-hydrogen) atoms. The van der Waals surface area contributed by atoms with Crippen LogP contribution < -0.4 is 4.90 Å². The van der Waals surface area contributed by atoms with E-state index in [2.05, 4.69) is 14.8 Å². The molecule has 0 saturated carbocycles. The number of likely N-dealkylation sites (tertiary alicyclic amines) is 1. The average molecular weight is 408 g/mol. The van der Waals surface area contributed by atoms with Crippen LogP contribution in [0.3, 0.4) is 0 Å². The Morgan fingerprint density at radius 1 is 0.967 bits per heavy atom. The molecule has 0 bridgehead atoms. The van der Waals surface area contributed by atoms with E-state index in [1.165, 1.54) is 19.3 Å². The van der Waals surface area contributed by atoms with Crippen LogP contribution in [0.15, 0.2) is 24.3 Å². The van der Waals surface area contributed by atoms with Gasteiger partial charge in [-0.3, -0.25) is 9.59 Å². The molecule has 1 aromatic heterocycles. The number of carbonyl (C=O) groups is 2. The second-order valence-corrected chi connectivity index (χ2v) is 8.73. The number of fused-ring (bicyclic) bond motifs is 1. The van der Waals surface area contributed by atoms with Crippen LogP contribution in [-0.2, 0) is 17.8 Å². The predicted octanol–water partition coefficient (Wildman–Crippen LogP) is 3.15. The Balaban J connectivity index is 1.34. The van der Waals surface area contributed by atoms with Crippen molar-refractivity contribution in [3.05, 3.63) is 41.5 Å². The Morgan fingerprint density at radius 3 is 2.77 bits per heavy atom. The van der Waals surface area contributed by atoms with E-state index in [9.17, 15) is 9.59 Å². The van der Waals surface area contributed by atoms with Gasteiger partial charge in [0, 0.05) is 56.2 Å². The number of carbonyl (C=O) groups excluding carboxylic acids is 2. The molecule has 2 amide bonds. The summed E-state index contributed by atoms with van der Waals surface area (Å²) in [5.41, 5.74) is 1.49. The standard InChI is InChI=1S/C23H29N5O2/c29-21-11-6-14-27(21)19-9-4-7-17(15-19)23(30)26-12-5-8-18(16-26)22-25-24-20-10-2-1-3-13-28(20)22/h4,7,9,15,18H,1-3,5-6,8,10-14,16H2. The SMILES string of the molecule is O=C(c1cccc(N2CCCC2=O)c1)N1CCCC(c2nnc3n2CCCCC3)C1. The lowest BCUT2D eigenvalue weighted by molar-refractivity contribution is -0.117. The second kappa shape index (κ2) is 8.20. The topological polar surface area (TPSA) is 71.3 Å². The summed E-state index contributed by atoms with van der Waals surface area (Å²) < 4.78 is 2.31. The van der Waals surface area contributed by atoms with E-state index in [1.807, 2.05) is 29.2 Å². The van der Waals surface area contributed by atoms with Crippen molar-refractivity contribution in [3.8, 4) is 0 Å². The van der Waals surface area contributed by atoms with Crippen LogP contribution in [0.2, 0.25) is 0 Å². The fourth-order valence-electron chi connectivity index (χ4n) is 5.09. The number of rotatable bonds is 3. The summed E-state index contributed by atoms with van der Waals surface area (Å²) >= 11 is 0. The molecule has 2 saturated heterocycles. The molecule has 5 rings (SSSR count). The van der Waals surface area contributed by atoms with Gasteiger partial charge in [0.25, 0.3) is 5.91 Å². The second-order valence-electron chi connectivity index (χ2n) is 8.73. The third-order valence-electron chi connectivity index (χ3n) is 6.69. The van der Waals surface area contributed by atoms with Gasteiger partial charge in [-0.25, -0.2) is 0 Å². The van der Waals surface area contributed by atoms with E-state index in [-0.39, 0.29) is 17.7 Å². The summed E-state index contributed by atoms with van der Waals surface area (Å²) in [5.74, 6) is 2.59. The Kier molecular flexibility index (Phi) is 5.27. The highest BCUT2D eigenvalue weighted by atomic mass is 16.2. The number of amides is 2. The van der Waals surface area contributed by atoms with Crippen molar-refractivity contribution in [2.45, 2.75) is 63.8 Å². The van der Waals surface area contributed by atoms with Crippen molar-refractivity contribution in [2.75, 3.05) is 24.5 Å². The van der Waals surface area contributed by atoms with Crippen LogP contribution >= 0.6 is 0 Å². The Morgan fingerprint density at radius 2 is 1.90 bits per heavy atom. The molecule has 0 spiro atoms. The zero-order valence-electron chi connectivity index (χ0n) is 17.4. The van der Waals surface area contributed by atoms with Gasteiger partial charge in [-0.05, 0) is 50.3 Å². The molecule has 7 nitrogen and oxygen atoms in total. The average Bonchev–Trinajstić information content (AvgIpc) is 3.32. The molecular formula is C23H29N5O2. The van der Waals surface area contributed by atoms with Gasteiger partial charge >= 0.3 is 0 Å². The maximum Gasteiger partial charge on any atom is 0.253 e. The minimum Gasteiger partial charge on any atom is -0.338 e. The minimum atomic E-state index is 0.0452. The summed E-state index contributed by atoms with van der Waals surface area (Å²) in [4.78, 5) is 29.1. The molecule has 1 unspecified atom stereocenters. The monoisotopic (exact) mass is 407 g/mol. The van der Waals surface area contributed by atoms with Gasteiger partial charge in [0.15, 0.2) is 0 Å². The molecule has 1 atom stereocenters. The first-order chi connectivity index (χ1) is 14.7. The minimum absolute atomic E-state index is 0.0452. The third kappa shape index (κ3) is 3.61. The van der Waals surface area contributed by atoms with E-state index >= 15 is 0 Å². The fraction of sp³-hybridized carbons (Fsp3) is 0.565. The number of benzene rings is 1. The quantitative estimate of drug-likeness (QED) is 0.784. The molecule has 3 aliphatic heterocycles. The van der Waals surface area contributed by atoms with Crippen LogP contribution in [0.1, 0.15) is 72.9 Å². The van der Waals surface area contributed by atoms with E-state index in [0.717, 1.165) is 62.7 Å². The normalized spacial score (nSPS) is 22.1. The van der Waals surface area contributed by atoms with Gasteiger partial charge in [-0.15, -0.1) is 10.2 Å². The van der Waals surface area contributed by atoms with Crippen molar-refractivity contribution in [1.29, 1.82) is 0 Å². The first-order valence-corrected chi connectivity index (χ1v) is 11.3. The number of aryl methyl sites for hydroxylation is 1. The maximum absolute atomic E-state index is 13.3. The summed E-state index contributed by atoms with van der Waals surface area (Å²) in [5, 5.41) is 8.99. The first kappa shape index (κ1) is 19.3. The summed E-state index contributed by atoms with van der Waals surface area (Å²) in [6, 6.07) is 7.54. The smallest absolute Gasteiger partial charge is 0.253 e. The molecule has 2 fully saturated rings. The van der Waals surface area contributed by atoms with E-state index in [1.54, 1.807) is 4.90 Å². The van der Waals surface area contributed by atoms with E-state index < -0.39 is 0 Å². The van der Waals surface area contributed by atoms with E-state index in [0.29, 0.717) is 18.5 Å². The molecule has 158 valence electrons. The molecule has 3 aliphatic rings. The molecule has 0 radical (unpaired) electrons. The van der Waals surface area contributed by atoms with Gasteiger partial charge in [0.2, 0.25) is 5.91 Å². The molecule has 2 aromatic rings. The highest BCUT2D eigenvalue weighted by Gasteiger charge is 2.30. The highest BCUT2D eigenvalue weighted by Crippen LogP contribution is 2.29. The number of nitrogens with zero attached hydrogens (tertiary/aromatic N) is 5. The molecule has 0 aliphatic carbocycles. The largest absolute Gasteiger partial charge is 0.338 e. The van der Waals surface area contributed by atoms with Gasteiger partial charge < -0.3 is 14.4 Å². The Bertz CT molecular complexity index is 953. The van der Waals surface area contributed by atoms with Crippen molar-refractivity contribution >= 4 is 17.5 Å². The summed E-state index contributed by atoms with van der Waals surface area (Å²) in [6.07, 6.45) is 8.10. The lowest BCUT2D eigenvalue weighted by atomic mass is 9.96. The highest BCUT2D eigenvalue weighted by molar-refractivity contribution is 5.99. The zero-order valence-corrected chi connectivity index (χ0v) is 17.4. The maximum atomic E-state index is 13.3. The zero-order chi connectivity index (χ0) is 20.5. The predicted molar refractivity (Wildman–Crippen MR) is 113 cm³/mol. The number of hydrogen-bond acceptors (Lipinski definition) is 4. The van der Waals surface area contributed by atoms with Crippen molar-refractivity contribution in [3.63, 3.8) is 0 Å². The summed E-state index contributed by atoms with van der Waals surface area (Å²) in [6.45, 7) is 3.18. The van der Waals surface area contributed by atoms with Crippen LogP contribution in [0.25, 0.3) is 0 Å². The number of aromatic nitrogens is 3. The molecule has 0 N–H and O–H groups in total. The number of hydrogen-bond donors (Lipinski definition) is 0. The van der Waals surface area contributed by atoms with Gasteiger partial charge in [0.05, 0.1) is 0 Å². The molecule has 4 heterocycles. The van der Waals surface area contributed by atoms with Crippen LogP contribution in [0.4, 0.5) is 5.69 Å². The molecule has 7 heteroatoms. The Hall–Kier alpha value is -2.70.